The minimum absolute atomic E-state index is 0.552. The van der Waals surface area contributed by atoms with Gasteiger partial charge in [0, 0.05) is 10.4 Å². The molecule has 80 valence electrons. The topological polar surface area (TPSA) is 25.2 Å². The maximum atomic E-state index is 5.87. The number of benzene rings is 1. The molecule has 0 saturated carbocycles. The zero-order valence-corrected chi connectivity index (χ0v) is 10.8. The highest BCUT2D eigenvalue weighted by Gasteiger charge is 2.08. The minimum atomic E-state index is 0.552. The Hall–Kier alpha value is -1.06. The smallest absolute Gasteiger partial charge is 0.184 e. The predicted molar refractivity (Wildman–Crippen MR) is 72.0 cm³/mol. The van der Waals surface area contributed by atoms with Crippen LogP contribution in [0.15, 0.2) is 29.3 Å². The number of nitrogens with zero attached hydrogens (tertiary/aromatic N) is 2. The van der Waals surface area contributed by atoms with Crippen molar-refractivity contribution in [2.24, 2.45) is 4.99 Å². The standard InChI is InChI=1S/C11H7ClN2S2/c1-7-10(14-11(12)16-7)8-3-2-4-9(5-8)13-6-15/h2-5H,1H3. The van der Waals surface area contributed by atoms with Crippen molar-refractivity contribution in [1.82, 2.24) is 4.98 Å². The molecule has 16 heavy (non-hydrogen) atoms. The van der Waals surface area contributed by atoms with Gasteiger partial charge < -0.3 is 0 Å². The first-order valence-corrected chi connectivity index (χ1v) is 6.12. The van der Waals surface area contributed by atoms with E-state index in [1.807, 2.05) is 31.2 Å². The van der Waals surface area contributed by atoms with Gasteiger partial charge >= 0.3 is 0 Å². The molecule has 0 N–H and O–H groups in total. The lowest BCUT2D eigenvalue weighted by atomic mass is 10.1. The average molecular weight is 267 g/mol. The summed E-state index contributed by atoms with van der Waals surface area (Å²) >= 11 is 11.9. The fraction of sp³-hybridized carbons (Fsp3) is 0.0909. The molecule has 0 atom stereocenters. The first kappa shape index (κ1) is 11.4. The Kier molecular flexibility index (Phi) is 3.46. The van der Waals surface area contributed by atoms with Crippen LogP contribution in [0.25, 0.3) is 11.3 Å². The molecule has 1 aromatic carbocycles. The highest BCUT2D eigenvalue weighted by atomic mass is 35.5. The molecular weight excluding hydrogens is 260 g/mol. The molecular formula is C11H7ClN2S2. The van der Waals surface area contributed by atoms with Gasteiger partial charge in [0.2, 0.25) is 0 Å². The number of hydrogen-bond donors (Lipinski definition) is 0. The van der Waals surface area contributed by atoms with Crippen LogP contribution in [-0.2, 0) is 0 Å². The number of thiazole rings is 1. The summed E-state index contributed by atoms with van der Waals surface area (Å²) < 4.78 is 0.552. The average Bonchev–Trinajstić information content (AvgIpc) is 2.59. The Morgan fingerprint density at radius 1 is 1.50 bits per heavy atom. The molecule has 2 aromatic rings. The fourth-order valence-electron chi connectivity index (χ4n) is 1.41. The van der Waals surface area contributed by atoms with Gasteiger partial charge in [0.25, 0.3) is 0 Å². The minimum Gasteiger partial charge on any atom is -0.225 e. The van der Waals surface area contributed by atoms with Crippen molar-refractivity contribution in [2.45, 2.75) is 6.92 Å². The molecule has 0 aliphatic heterocycles. The van der Waals surface area contributed by atoms with Gasteiger partial charge in [0.05, 0.1) is 16.5 Å². The van der Waals surface area contributed by atoms with Crippen molar-refractivity contribution in [1.29, 1.82) is 0 Å². The molecule has 0 bridgehead atoms. The van der Waals surface area contributed by atoms with Gasteiger partial charge in [-0.15, -0.1) is 11.3 Å². The van der Waals surface area contributed by atoms with Gasteiger partial charge in [-0.2, -0.15) is 4.99 Å². The maximum Gasteiger partial charge on any atom is 0.184 e. The van der Waals surface area contributed by atoms with Crippen molar-refractivity contribution in [3.8, 4) is 11.3 Å². The molecule has 0 fully saturated rings. The molecule has 0 unspecified atom stereocenters. The normalized spacial score (nSPS) is 9.88. The largest absolute Gasteiger partial charge is 0.225 e. The van der Waals surface area contributed by atoms with Gasteiger partial charge in [-0.25, -0.2) is 4.98 Å². The van der Waals surface area contributed by atoms with Crippen molar-refractivity contribution in [2.75, 3.05) is 0 Å². The third-order valence-corrected chi connectivity index (χ3v) is 3.23. The van der Waals surface area contributed by atoms with Crippen LogP contribution in [0.1, 0.15) is 4.88 Å². The second-order valence-corrected chi connectivity index (χ2v) is 5.09. The van der Waals surface area contributed by atoms with Crippen LogP contribution in [0.5, 0.6) is 0 Å². The Bertz CT molecular complexity index is 571. The molecule has 2 rings (SSSR count). The summed E-state index contributed by atoms with van der Waals surface area (Å²) in [5, 5.41) is 2.35. The monoisotopic (exact) mass is 266 g/mol. The SMILES string of the molecule is Cc1sc(Cl)nc1-c1cccc(N=C=S)c1. The van der Waals surface area contributed by atoms with Crippen LogP contribution < -0.4 is 0 Å². The first-order valence-electron chi connectivity index (χ1n) is 4.52. The summed E-state index contributed by atoms with van der Waals surface area (Å²) in [6, 6.07) is 7.66. The lowest BCUT2D eigenvalue weighted by molar-refractivity contribution is 1.37. The second-order valence-electron chi connectivity index (χ2n) is 3.13. The van der Waals surface area contributed by atoms with Crippen LogP contribution in [0, 0.1) is 6.92 Å². The van der Waals surface area contributed by atoms with E-state index < -0.39 is 0 Å². The number of aryl methyl sites for hydroxylation is 1. The Labute approximate surface area is 108 Å². The second kappa shape index (κ2) is 4.85. The number of aromatic nitrogens is 1. The number of thiocarbonyl (C=S) groups is 1. The Balaban J connectivity index is 2.51. The summed E-state index contributed by atoms with van der Waals surface area (Å²) in [6.07, 6.45) is 0. The van der Waals surface area contributed by atoms with E-state index in [0.717, 1.165) is 21.8 Å². The number of halogens is 1. The van der Waals surface area contributed by atoms with E-state index in [0.29, 0.717) is 4.47 Å². The van der Waals surface area contributed by atoms with Gasteiger partial charge in [-0.05, 0) is 31.3 Å². The molecule has 5 heteroatoms. The van der Waals surface area contributed by atoms with Gasteiger partial charge in [0.15, 0.2) is 4.47 Å². The van der Waals surface area contributed by atoms with Crippen molar-refractivity contribution in [3.63, 3.8) is 0 Å². The summed E-state index contributed by atoms with van der Waals surface area (Å²) in [4.78, 5) is 9.31. The molecule has 0 amide bonds. The number of hydrogen-bond acceptors (Lipinski definition) is 4. The fourth-order valence-corrected chi connectivity index (χ4v) is 2.59. The predicted octanol–water partition coefficient (Wildman–Crippen LogP) is 4.51. The molecule has 0 aliphatic carbocycles. The highest BCUT2D eigenvalue weighted by Crippen LogP contribution is 2.31. The van der Waals surface area contributed by atoms with E-state index in [1.54, 1.807) is 0 Å². The zero-order valence-electron chi connectivity index (χ0n) is 8.40. The van der Waals surface area contributed by atoms with Crippen LogP contribution in [-0.4, -0.2) is 10.1 Å². The molecule has 1 aromatic heterocycles. The number of rotatable bonds is 2. The molecule has 0 spiro atoms. The quantitative estimate of drug-likeness (QED) is 0.590. The highest BCUT2D eigenvalue weighted by molar-refractivity contribution is 7.78. The third-order valence-electron chi connectivity index (χ3n) is 2.06. The Morgan fingerprint density at radius 2 is 2.31 bits per heavy atom. The summed E-state index contributed by atoms with van der Waals surface area (Å²) in [5.41, 5.74) is 2.67. The van der Waals surface area contributed by atoms with Crippen LogP contribution in [0.3, 0.4) is 0 Å². The van der Waals surface area contributed by atoms with Crippen molar-refractivity contribution < 1.29 is 0 Å². The van der Waals surface area contributed by atoms with Crippen molar-refractivity contribution in [3.05, 3.63) is 33.6 Å². The van der Waals surface area contributed by atoms with Crippen LogP contribution in [0.4, 0.5) is 5.69 Å². The summed E-state index contributed by atoms with van der Waals surface area (Å²) in [7, 11) is 0. The van der Waals surface area contributed by atoms with Gasteiger partial charge in [-0.3, -0.25) is 0 Å². The van der Waals surface area contributed by atoms with E-state index in [-0.39, 0.29) is 0 Å². The van der Waals surface area contributed by atoms with Gasteiger partial charge in [0.1, 0.15) is 0 Å². The molecule has 0 aliphatic rings. The molecule has 1 heterocycles. The van der Waals surface area contributed by atoms with E-state index in [4.69, 9.17) is 11.6 Å². The molecule has 2 nitrogen and oxygen atoms in total. The van der Waals surface area contributed by atoms with E-state index in [2.05, 4.69) is 27.4 Å². The zero-order chi connectivity index (χ0) is 11.5. The third kappa shape index (κ3) is 2.36. The summed E-state index contributed by atoms with van der Waals surface area (Å²) in [5.74, 6) is 0. The van der Waals surface area contributed by atoms with Crippen molar-refractivity contribution >= 4 is 46.0 Å². The number of isothiocyanates is 1. The lowest BCUT2D eigenvalue weighted by Crippen LogP contribution is -1.79. The van der Waals surface area contributed by atoms with Crippen LogP contribution in [0.2, 0.25) is 4.47 Å². The molecule has 0 saturated heterocycles. The Morgan fingerprint density at radius 3 is 2.94 bits per heavy atom. The maximum absolute atomic E-state index is 5.87. The molecule has 0 radical (unpaired) electrons. The van der Waals surface area contributed by atoms with Gasteiger partial charge in [-0.1, -0.05) is 23.7 Å². The van der Waals surface area contributed by atoms with E-state index >= 15 is 0 Å². The van der Waals surface area contributed by atoms with E-state index in [9.17, 15) is 0 Å². The lowest BCUT2D eigenvalue weighted by Gasteiger charge is -1.99. The van der Waals surface area contributed by atoms with E-state index in [1.165, 1.54) is 11.3 Å². The van der Waals surface area contributed by atoms with Crippen LogP contribution >= 0.6 is 35.2 Å². The first-order chi connectivity index (χ1) is 7.70. The number of aliphatic imine (C=N–C) groups is 1. The summed E-state index contributed by atoms with van der Waals surface area (Å²) in [6.45, 7) is 1.99.